The second-order valence-electron chi connectivity index (χ2n) is 3.66. The quantitative estimate of drug-likeness (QED) is 0.814. The molecule has 0 radical (unpaired) electrons. The van der Waals surface area contributed by atoms with Crippen molar-refractivity contribution in [3.05, 3.63) is 18.2 Å². The van der Waals surface area contributed by atoms with Gasteiger partial charge >= 0.3 is 0 Å². The van der Waals surface area contributed by atoms with E-state index in [1.807, 2.05) is 31.1 Å². The van der Waals surface area contributed by atoms with Crippen molar-refractivity contribution in [3.63, 3.8) is 0 Å². The lowest BCUT2D eigenvalue weighted by atomic mass is 10.2. The van der Waals surface area contributed by atoms with Crippen molar-refractivity contribution in [2.45, 2.75) is 13.0 Å². The number of nitrogens with zero attached hydrogens (tertiary/aromatic N) is 3. The Morgan fingerprint density at radius 3 is 2.60 bits per heavy atom. The van der Waals surface area contributed by atoms with E-state index in [-0.39, 0.29) is 0 Å². The normalized spacial score (nSPS) is 16.1. The van der Waals surface area contributed by atoms with Crippen LogP contribution in [-0.4, -0.2) is 40.6 Å². The molecule has 5 heteroatoms. The first-order valence-corrected chi connectivity index (χ1v) is 6.30. The van der Waals surface area contributed by atoms with Crippen LogP contribution in [0.15, 0.2) is 12.4 Å². The SMILES string of the molecule is Cc1ncc(N(CCN)C2CSC2)cn1. The lowest BCUT2D eigenvalue weighted by Crippen LogP contribution is -2.46. The summed E-state index contributed by atoms with van der Waals surface area (Å²) in [6.07, 6.45) is 3.78. The van der Waals surface area contributed by atoms with Gasteiger partial charge in [-0.1, -0.05) is 0 Å². The van der Waals surface area contributed by atoms with Crippen molar-refractivity contribution >= 4 is 17.4 Å². The van der Waals surface area contributed by atoms with Crippen LogP contribution in [0, 0.1) is 6.92 Å². The Morgan fingerprint density at radius 2 is 2.13 bits per heavy atom. The van der Waals surface area contributed by atoms with Gasteiger partial charge in [0.2, 0.25) is 0 Å². The first-order valence-electron chi connectivity index (χ1n) is 5.14. The van der Waals surface area contributed by atoms with Crippen LogP contribution in [0.3, 0.4) is 0 Å². The average Bonchev–Trinajstić information content (AvgIpc) is 2.16. The molecule has 0 aliphatic carbocycles. The topological polar surface area (TPSA) is 55.0 Å². The lowest BCUT2D eigenvalue weighted by Gasteiger charge is -2.38. The number of anilines is 1. The minimum atomic E-state index is 0.616. The number of hydrogen-bond acceptors (Lipinski definition) is 5. The molecule has 1 aliphatic rings. The highest BCUT2D eigenvalue weighted by molar-refractivity contribution is 8.00. The minimum Gasteiger partial charge on any atom is -0.363 e. The fraction of sp³-hybridized carbons (Fsp3) is 0.600. The maximum absolute atomic E-state index is 5.62. The Kier molecular flexibility index (Phi) is 3.43. The molecule has 2 rings (SSSR count). The number of thioether (sulfide) groups is 1. The summed E-state index contributed by atoms with van der Waals surface area (Å²) in [5.74, 6) is 3.19. The maximum atomic E-state index is 5.62. The third-order valence-corrected chi connectivity index (χ3v) is 3.77. The summed E-state index contributed by atoms with van der Waals surface area (Å²) < 4.78 is 0. The Bertz CT molecular complexity index is 310. The highest BCUT2D eigenvalue weighted by Gasteiger charge is 2.25. The summed E-state index contributed by atoms with van der Waals surface area (Å²) in [5.41, 5.74) is 6.72. The van der Waals surface area contributed by atoms with E-state index >= 15 is 0 Å². The number of aromatic nitrogens is 2. The van der Waals surface area contributed by atoms with Crippen LogP contribution in [0.5, 0.6) is 0 Å². The predicted octanol–water partition coefficient (Wildman–Crippen LogP) is 0.666. The van der Waals surface area contributed by atoms with Crippen LogP contribution in [-0.2, 0) is 0 Å². The summed E-state index contributed by atoms with van der Waals surface area (Å²) in [5, 5.41) is 0. The van der Waals surface area contributed by atoms with Crippen molar-refractivity contribution < 1.29 is 0 Å². The zero-order chi connectivity index (χ0) is 10.7. The molecule has 1 aromatic heterocycles. The molecule has 0 bridgehead atoms. The van der Waals surface area contributed by atoms with Gasteiger partial charge in [0, 0.05) is 30.6 Å². The molecule has 0 saturated carbocycles. The molecule has 1 saturated heterocycles. The fourth-order valence-electron chi connectivity index (χ4n) is 1.60. The average molecular weight is 224 g/mol. The number of hydrogen-bond donors (Lipinski definition) is 1. The maximum Gasteiger partial charge on any atom is 0.125 e. The molecule has 4 nitrogen and oxygen atoms in total. The molecule has 15 heavy (non-hydrogen) atoms. The van der Waals surface area contributed by atoms with Crippen LogP contribution >= 0.6 is 11.8 Å². The van der Waals surface area contributed by atoms with Gasteiger partial charge in [0.25, 0.3) is 0 Å². The van der Waals surface area contributed by atoms with E-state index in [0.29, 0.717) is 12.6 Å². The van der Waals surface area contributed by atoms with Gasteiger partial charge in [-0.05, 0) is 6.92 Å². The summed E-state index contributed by atoms with van der Waals surface area (Å²) in [6, 6.07) is 0.616. The van der Waals surface area contributed by atoms with Gasteiger partial charge in [-0.2, -0.15) is 11.8 Å². The van der Waals surface area contributed by atoms with Crippen LogP contribution < -0.4 is 10.6 Å². The molecule has 1 aromatic rings. The molecule has 2 N–H and O–H groups in total. The largest absolute Gasteiger partial charge is 0.363 e. The lowest BCUT2D eigenvalue weighted by molar-refractivity contribution is 0.673. The first-order chi connectivity index (χ1) is 7.31. The highest BCUT2D eigenvalue weighted by Crippen LogP contribution is 2.26. The standard InChI is InChI=1S/C10H16N4S/c1-8-12-4-9(5-13-8)14(3-2-11)10-6-15-7-10/h4-5,10H,2-3,6-7,11H2,1H3. The van der Waals surface area contributed by atoms with E-state index in [1.165, 1.54) is 11.5 Å². The fourth-order valence-corrected chi connectivity index (χ4v) is 2.41. The molecule has 1 fully saturated rings. The third-order valence-electron chi connectivity index (χ3n) is 2.53. The van der Waals surface area contributed by atoms with Gasteiger partial charge in [0.05, 0.1) is 18.1 Å². The van der Waals surface area contributed by atoms with Gasteiger partial charge in [0.15, 0.2) is 0 Å². The molecule has 1 aliphatic heterocycles. The summed E-state index contributed by atoms with van der Waals surface area (Å²) >= 11 is 1.97. The van der Waals surface area contributed by atoms with Crippen molar-refractivity contribution in [1.82, 2.24) is 9.97 Å². The van der Waals surface area contributed by atoms with Gasteiger partial charge in [-0.15, -0.1) is 0 Å². The first kappa shape index (κ1) is 10.7. The monoisotopic (exact) mass is 224 g/mol. The van der Waals surface area contributed by atoms with Crippen LogP contribution in [0.2, 0.25) is 0 Å². The smallest absolute Gasteiger partial charge is 0.125 e. The minimum absolute atomic E-state index is 0.616. The Balaban J connectivity index is 2.12. The van der Waals surface area contributed by atoms with Crippen molar-refractivity contribution in [2.75, 3.05) is 29.5 Å². The molecule has 0 atom stereocenters. The van der Waals surface area contributed by atoms with Gasteiger partial charge in [-0.25, -0.2) is 9.97 Å². The molecule has 0 aromatic carbocycles. The Labute approximate surface area is 94.3 Å². The van der Waals surface area contributed by atoms with Crippen LogP contribution in [0.1, 0.15) is 5.82 Å². The highest BCUT2D eigenvalue weighted by atomic mass is 32.2. The Morgan fingerprint density at radius 1 is 1.47 bits per heavy atom. The molecule has 0 unspecified atom stereocenters. The van der Waals surface area contributed by atoms with Crippen LogP contribution in [0.25, 0.3) is 0 Å². The molecule has 0 amide bonds. The summed E-state index contributed by atoms with van der Waals surface area (Å²) in [7, 11) is 0. The second kappa shape index (κ2) is 4.81. The van der Waals surface area contributed by atoms with Gasteiger partial charge in [-0.3, -0.25) is 0 Å². The number of nitrogens with two attached hydrogens (primary N) is 1. The second-order valence-corrected chi connectivity index (χ2v) is 4.74. The molecular formula is C10H16N4S. The molecule has 82 valence electrons. The van der Waals surface area contributed by atoms with Crippen LogP contribution in [0.4, 0.5) is 5.69 Å². The summed E-state index contributed by atoms with van der Waals surface area (Å²) in [6.45, 7) is 3.46. The van der Waals surface area contributed by atoms with E-state index in [0.717, 1.165) is 18.1 Å². The number of rotatable bonds is 4. The van der Waals surface area contributed by atoms with E-state index in [4.69, 9.17) is 5.73 Å². The van der Waals surface area contributed by atoms with E-state index in [1.54, 1.807) is 0 Å². The number of aryl methyl sites for hydroxylation is 1. The van der Waals surface area contributed by atoms with E-state index in [9.17, 15) is 0 Å². The van der Waals surface area contributed by atoms with Crippen molar-refractivity contribution in [1.29, 1.82) is 0 Å². The molecule has 0 spiro atoms. The Hall–Kier alpha value is -0.810. The molecular weight excluding hydrogens is 208 g/mol. The van der Waals surface area contributed by atoms with Gasteiger partial charge < -0.3 is 10.6 Å². The van der Waals surface area contributed by atoms with Crippen molar-refractivity contribution in [2.24, 2.45) is 5.73 Å². The zero-order valence-corrected chi connectivity index (χ0v) is 9.70. The van der Waals surface area contributed by atoms with E-state index < -0.39 is 0 Å². The van der Waals surface area contributed by atoms with E-state index in [2.05, 4.69) is 14.9 Å². The third kappa shape index (κ3) is 2.41. The predicted molar refractivity (Wildman–Crippen MR) is 64.3 cm³/mol. The van der Waals surface area contributed by atoms with Crippen molar-refractivity contribution in [3.8, 4) is 0 Å². The molecule has 2 heterocycles. The summed E-state index contributed by atoms with van der Waals surface area (Å²) in [4.78, 5) is 10.8. The zero-order valence-electron chi connectivity index (χ0n) is 8.89. The van der Waals surface area contributed by atoms with Gasteiger partial charge in [0.1, 0.15) is 5.82 Å².